The van der Waals surface area contributed by atoms with Crippen molar-refractivity contribution in [1.82, 2.24) is 15.4 Å². The molecule has 19 heavy (non-hydrogen) atoms. The number of carbonyl (C=O) groups is 1. The Morgan fingerprint density at radius 1 is 1.63 bits per heavy atom. The number of imidazole rings is 1. The zero-order valence-electron chi connectivity index (χ0n) is 9.78. The SMILES string of the molecule is Cc1[nH]cnc1C(=O)N/N=C\c1ccc([N+](=O)[O-])s1. The van der Waals surface area contributed by atoms with Gasteiger partial charge in [-0.15, -0.1) is 0 Å². The first-order chi connectivity index (χ1) is 9.08. The molecule has 8 nitrogen and oxygen atoms in total. The lowest BCUT2D eigenvalue weighted by molar-refractivity contribution is -0.380. The van der Waals surface area contributed by atoms with Gasteiger partial charge in [-0.05, 0) is 13.0 Å². The second kappa shape index (κ2) is 5.40. The summed E-state index contributed by atoms with van der Waals surface area (Å²) in [5, 5.41) is 14.2. The number of hydrogen-bond acceptors (Lipinski definition) is 6. The van der Waals surface area contributed by atoms with Crippen LogP contribution in [-0.4, -0.2) is 27.0 Å². The van der Waals surface area contributed by atoms with Crippen LogP contribution in [0, 0.1) is 17.0 Å². The topological polar surface area (TPSA) is 113 Å². The lowest BCUT2D eigenvalue weighted by atomic mass is 10.3. The van der Waals surface area contributed by atoms with Gasteiger partial charge in [0.05, 0.1) is 22.3 Å². The van der Waals surface area contributed by atoms with Crippen molar-refractivity contribution in [2.45, 2.75) is 6.92 Å². The lowest BCUT2D eigenvalue weighted by Gasteiger charge is -1.95. The Hall–Kier alpha value is -2.55. The molecular weight excluding hydrogens is 270 g/mol. The fraction of sp³-hybridized carbons (Fsp3) is 0.100. The zero-order chi connectivity index (χ0) is 13.8. The average molecular weight is 279 g/mol. The van der Waals surface area contributed by atoms with Gasteiger partial charge >= 0.3 is 5.00 Å². The van der Waals surface area contributed by atoms with Gasteiger partial charge in [0.1, 0.15) is 0 Å². The quantitative estimate of drug-likeness (QED) is 0.501. The molecule has 98 valence electrons. The summed E-state index contributed by atoms with van der Waals surface area (Å²) in [5.74, 6) is -0.443. The summed E-state index contributed by atoms with van der Waals surface area (Å²) in [5.41, 5.74) is 3.19. The van der Waals surface area contributed by atoms with Crippen LogP contribution in [0.1, 0.15) is 21.1 Å². The molecule has 0 bridgehead atoms. The van der Waals surface area contributed by atoms with E-state index < -0.39 is 10.8 Å². The Balaban J connectivity index is 1.98. The molecule has 2 N–H and O–H groups in total. The molecule has 0 spiro atoms. The first-order valence-corrected chi connectivity index (χ1v) is 5.97. The number of aromatic nitrogens is 2. The van der Waals surface area contributed by atoms with Gasteiger partial charge in [0.15, 0.2) is 5.69 Å². The molecule has 1 amide bonds. The highest BCUT2D eigenvalue weighted by Crippen LogP contribution is 2.22. The third-order valence-electron chi connectivity index (χ3n) is 2.20. The number of nitro groups is 1. The molecule has 0 atom stereocenters. The van der Waals surface area contributed by atoms with Crippen molar-refractivity contribution in [2.24, 2.45) is 5.10 Å². The Bertz CT molecular complexity index is 645. The summed E-state index contributed by atoms with van der Waals surface area (Å²) in [6.45, 7) is 1.72. The number of amides is 1. The summed E-state index contributed by atoms with van der Waals surface area (Å²) in [6.07, 6.45) is 2.76. The van der Waals surface area contributed by atoms with Crippen molar-refractivity contribution in [3.63, 3.8) is 0 Å². The van der Waals surface area contributed by atoms with E-state index in [2.05, 4.69) is 20.5 Å². The van der Waals surface area contributed by atoms with Gasteiger partial charge in [-0.1, -0.05) is 11.3 Å². The number of carbonyl (C=O) groups excluding carboxylic acids is 1. The van der Waals surface area contributed by atoms with Crippen LogP contribution in [0.4, 0.5) is 5.00 Å². The zero-order valence-corrected chi connectivity index (χ0v) is 10.6. The van der Waals surface area contributed by atoms with Crippen LogP contribution in [-0.2, 0) is 0 Å². The standard InChI is InChI=1S/C10H9N5O3S/c1-6-9(12-5-11-6)10(16)14-13-4-7-2-3-8(19-7)15(17)18/h2-5H,1H3,(H,11,12)(H,14,16)/b13-4-. The van der Waals surface area contributed by atoms with E-state index in [1.165, 1.54) is 18.6 Å². The Morgan fingerprint density at radius 3 is 3.00 bits per heavy atom. The molecule has 0 saturated carbocycles. The predicted octanol–water partition coefficient (Wildman–Crippen LogP) is 1.45. The Labute approximate surface area is 111 Å². The van der Waals surface area contributed by atoms with Crippen molar-refractivity contribution >= 4 is 28.5 Å². The number of hydrogen-bond donors (Lipinski definition) is 2. The number of nitrogens with one attached hydrogen (secondary N) is 2. The Morgan fingerprint density at radius 2 is 2.42 bits per heavy atom. The van der Waals surface area contributed by atoms with E-state index >= 15 is 0 Å². The first-order valence-electron chi connectivity index (χ1n) is 5.15. The highest BCUT2D eigenvalue weighted by Gasteiger charge is 2.11. The molecule has 0 aliphatic carbocycles. The van der Waals surface area contributed by atoms with Gasteiger partial charge in [-0.25, -0.2) is 10.4 Å². The summed E-state index contributed by atoms with van der Waals surface area (Å²) in [4.78, 5) is 28.8. The van der Waals surface area contributed by atoms with E-state index in [0.29, 0.717) is 10.6 Å². The van der Waals surface area contributed by atoms with Gasteiger partial charge in [0, 0.05) is 11.8 Å². The Kier molecular flexibility index (Phi) is 3.66. The van der Waals surface area contributed by atoms with Gasteiger partial charge in [0.25, 0.3) is 5.91 Å². The van der Waals surface area contributed by atoms with Gasteiger partial charge in [-0.3, -0.25) is 14.9 Å². The van der Waals surface area contributed by atoms with Gasteiger partial charge < -0.3 is 4.98 Å². The average Bonchev–Trinajstić information content (AvgIpc) is 2.97. The second-order valence-corrected chi connectivity index (χ2v) is 4.60. The number of hydrazone groups is 1. The molecule has 0 aromatic carbocycles. The van der Waals surface area contributed by atoms with Crippen molar-refractivity contribution < 1.29 is 9.72 Å². The molecule has 0 radical (unpaired) electrons. The molecule has 0 unspecified atom stereocenters. The van der Waals surface area contributed by atoms with E-state index in [1.54, 1.807) is 13.0 Å². The minimum Gasteiger partial charge on any atom is -0.348 e. The number of nitrogens with zero attached hydrogens (tertiary/aromatic N) is 3. The highest BCUT2D eigenvalue weighted by molar-refractivity contribution is 7.16. The maximum atomic E-state index is 11.6. The monoisotopic (exact) mass is 279 g/mol. The fourth-order valence-electron chi connectivity index (χ4n) is 1.30. The number of thiophene rings is 1. The maximum absolute atomic E-state index is 11.6. The van der Waals surface area contributed by atoms with Crippen LogP contribution in [0.3, 0.4) is 0 Å². The summed E-state index contributed by atoms with van der Waals surface area (Å²) in [7, 11) is 0. The predicted molar refractivity (Wildman–Crippen MR) is 69.4 cm³/mol. The third kappa shape index (κ3) is 3.01. The van der Waals surface area contributed by atoms with E-state index in [1.807, 2.05) is 0 Å². The van der Waals surface area contributed by atoms with Gasteiger partial charge in [-0.2, -0.15) is 5.10 Å². The van der Waals surface area contributed by atoms with Crippen LogP contribution < -0.4 is 5.43 Å². The van der Waals surface area contributed by atoms with Crippen LogP contribution in [0.2, 0.25) is 0 Å². The van der Waals surface area contributed by atoms with Crippen molar-refractivity contribution in [3.8, 4) is 0 Å². The minimum absolute atomic E-state index is 0.0240. The molecule has 2 rings (SSSR count). The smallest absolute Gasteiger partial charge is 0.324 e. The molecule has 0 fully saturated rings. The highest BCUT2D eigenvalue weighted by atomic mass is 32.1. The minimum atomic E-state index is -0.479. The molecule has 2 aromatic heterocycles. The largest absolute Gasteiger partial charge is 0.348 e. The van der Waals surface area contributed by atoms with E-state index in [4.69, 9.17) is 0 Å². The van der Waals surface area contributed by atoms with Crippen LogP contribution in [0.15, 0.2) is 23.6 Å². The van der Waals surface area contributed by atoms with Gasteiger partial charge in [0.2, 0.25) is 0 Å². The van der Waals surface area contributed by atoms with Crippen molar-refractivity contribution in [1.29, 1.82) is 0 Å². The number of H-pyrrole nitrogens is 1. The van der Waals surface area contributed by atoms with E-state index in [0.717, 1.165) is 11.3 Å². The summed E-state index contributed by atoms with van der Waals surface area (Å²) in [6, 6.07) is 2.93. The number of rotatable bonds is 4. The van der Waals surface area contributed by atoms with Crippen LogP contribution in [0.5, 0.6) is 0 Å². The fourth-order valence-corrected chi connectivity index (χ4v) is 2.00. The molecular formula is C10H9N5O3S. The summed E-state index contributed by atoms with van der Waals surface area (Å²) >= 11 is 0.972. The number of aromatic amines is 1. The molecule has 2 heterocycles. The van der Waals surface area contributed by atoms with E-state index in [9.17, 15) is 14.9 Å². The molecule has 2 aromatic rings. The summed E-state index contributed by atoms with van der Waals surface area (Å²) < 4.78 is 0. The van der Waals surface area contributed by atoms with E-state index in [-0.39, 0.29) is 10.7 Å². The van der Waals surface area contributed by atoms with Crippen LogP contribution in [0.25, 0.3) is 0 Å². The number of aryl methyl sites for hydroxylation is 1. The lowest BCUT2D eigenvalue weighted by Crippen LogP contribution is -2.18. The van der Waals surface area contributed by atoms with Crippen LogP contribution >= 0.6 is 11.3 Å². The molecule has 0 aliphatic rings. The molecule has 0 aliphatic heterocycles. The first kappa shape index (κ1) is 12.9. The maximum Gasteiger partial charge on any atom is 0.324 e. The molecule has 9 heteroatoms. The molecule has 0 saturated heterocycles. The van der Waals surface area contributed by atoms with Crippen molar-refractivity contribution in [3.05, 3.63) is 44.8 Å². The third-order valence-corrected chi connectivity index (χ3v) is 3.17. The van der Waals surface area contributed by atoms with Crippen molar-refractivity contribution in [2.75, 3.05) is 0 Å². The normalized spacial score (nSPS) is 10.8. The second-order valence-electron chi connectivity index (χ2n) is 3.51.